The van der Waals surface area contributed by atoms with Crippen molar-refractivity contribution in [1.29, 1.82) is 0 Å². The number of fused-ring (bicyclic) bond motifs is 2. The molecule has 1 aliphatic carbocycles. The molecule has 1 amide bonds. The van der Waals surface area contributed by atoms with Gasteiger partial charge in [-0.1, -0.05) is 24.3 Å². The van der Waals surface area contributed by atoms with Gasteiger partial charge in [-0.3, -0.25) is 9.78 Å². The second kappa shape index (κ2) is 7.24. The van der Waals surface area contributed by atoms with Crippen molar-refractivity contribution in [2.75, 3.05) is 19.4 Å². The highest BCUT2D eigenvalue weighted by Crippen LogP contribution is 2.31. The Morgan fingerprint density at radius 1 is 1.10 bits per heavy atom. The van der Waals surface area contributed by atoms with E-state index in [2.05, 4.69) is 5.32 Å². The summed E-state index contributed by atoms with van der Waals surface area (Å²) in [6.07, 6.45) is 2.68. The second-order valence-corrected chi connectivity index (χ2v) is 9.65. The number of para-hydroxylation sites is 1. The van der Waals surface area contributed by atoms with Crippen LogP contribution in [0.25, 0.3) is 10.9 Å². The van der Waals surface area contributed by atoms with Crippen molar-refractivity contribution in [1.82, 2.24) is 9.29 Å². The van der Waals surface area contributed by atoms with Crippen molar-refractivity contribution in [2.45, 2.75) is 31.1 Å². The SMILES string of the molecule is Cc1ccc(S(=O)(=O)N(C)C)cc1NC(=O)c1c2c(nc3ccccc13)CCC2. The molecule has 1 N–H and O–H groups in total. The summed E-state index contributed by atoms with van der Waals surface area (Å²) in [4.78, 5) is 18.2. The van der Waals surface area contributed by atoms with Crippen molar-refractivity contribution in [3.05, 3.63) is 64.8 Å². The number of rotatable bonds is 4. The molecular weight excluding hydrogens is 386 g/mol. The second-order valence-electron chi connectivity index (χ2n) is 7.50. The van der Waals surface area contributed by atoms with Crippen molar-refractivity contribution in [3.8, 4) is 0 Å². The van der Waals surface area contributed by atoms with Crippen LogP contribution in [0.3, 0.4) is 0 Å². The maximum atomic E-state index is 13.3. The number of aromatic nitrogens is 1. The summed E-state index contributed by atoms with van der Waals surface area (Å²) in [6, 6.07) is 12.4. The van der Waals surface area contributed by atoms with Gasteiger partial charge in [0.1, 0.15) is 0 Å². The van der Waals surface area contributed by atoms with E-state index in [1.807, 2.05) is 31.2 Å². The number of pyridine rings is 1. The average Bonchev–Trinajstić information content (AvgIpc) is 3.15. The molecule has 1 aliphatic rings. The summed E-state index contributed by atoms with van der Waals surface area (Å²) in [5, 5.41) is 3.77. The molecule has 0 fully saturated rings. The maximum absolute atomic E-state index is 13.3. The zero-order valence-electron chi connectivity index (χ0n) is 16.7. The summed E-state index contributed by atoms with van der Waals surface area (Å²) in [7, 11) is -0.617. The van der Waals surface area contributed by atoms with Crippen molar-refractivity contribution < 1.29 is 13.2 Å². The van der Waals surface area contributed by atoms with E-state index in [4.69, 9.17) is 4.98 Å². The normalized spacial score (nSPS) is 13.7. The van der Waals surface area contributed by atoms with Gasteiger partial charge in [-0.15, -0.1) is 0 Å². The molecule has 0 bridgehead atoms. The Labute approximate surface area is 170 Å². The predicted octanol–water partition coefficient (Wildman–Crippen LogP) is 3.53. The number of carbonyl (C=O) groups excluding carboxylic acids is 1. The van der Waals surface area contributed by atoms with Gasteiger partial charge in [0.2, 0.25) is 10.0 Å². The highest BCUT2D eigenvalue weighted by atomic mass is 32.2. The van der Waals surface area contributed by atoms with E-state index in [0.717, 1.165) is 51.3 Å². The summed E-state index contributed by atoms with van der Waals surface area (Å²) in [5.41, 5.74) is 4.71. The van der Waals surface area contributed by atoms with Crippen LogP contribution < -0.4 is 5.32 Å². The first kappa shape index (κ1) is 19.5. The third-order valence-electron chi connectivity index (χ3n) is 5.38. The summed E-state index contributed by atoms with van der Waals surface area (Å²) in [6.45, 7) is 1.84. The number of aryl methyl sites for hydroxylation is 2. The number of nitrogens with zero attached hydrogens (tertiary/aromatic N) is 2. The fourth-order valence-electron chi connectivity index (χ4n) is 3.76. The van der Waals surface area contributed by atoms with Crippen molar-refractivity contribution >= 4 is 32.5 Å². The Morgan fingerprint density at radius 3 is 2.62 bits per heavy atom. The van der Waals surface area contributed by atoms with Gasteiger partial charge in [0.15, 0.2) is 0 Å². The molecule has 6 nitrogen and oxygen atoms in total. The van der Waals surface area contributed by atoms with Gasteiger partial charge >= 0.3 is 0 Å². The molecule has 0 saturated carbocycles. The van der Waals surface area contributed by atoms with Gasteiger partial charge in [0, 0.05) is 30.9 Å². The molecule has 4 rings (SSSR count). The van der Waals surface area contributed by atoms with E-state index in [-0.39, 0.29) is 10.8 Å². The zero-order valence-corrected chi connectivity index (χ0v) is 17.5. The first-order valence-corrected chi connectivity index (χ1v) is 11.0. The standard InChI is InChI=1S/C22H23N3O3S/c1-14-11-12-15(29(27,28)25(2)3)13-20(14)24-22(26)21-16-7-4-5-9-18(16)23-19-10-6-8-17(19)21/h4-5,7,9,11-13H,6,8,10H2,1-3H3,(H,24,26). The molecule has 150 valence electrons. The molecular formula is C22H23N3O3S. The minimum Gasteiger partial charge on any atom is -0.322 e. The van der Waals surface area contributed by atoms with Crippen LogP contribution in [0, 0.1) is 6.92 Å². The number of amides is 1. The molecule has 0 saturated heterocycles. The lowest BCUT2D eigenvalue weighted by Gasteiger charge is -2.16. The van der Waals surface area contributed by atoms with E-state index >= 15 is 0 Å². The van der Waals surface area contributed by atoms with Crippen LogP contribution in [-0.2, 0) is 22.9 Å². The van der Waals surface area contributed by atoms with E-state index < -0.39 is 10.0 Å². The largest absolute Gasteiger partial charge is 0.322 e. The highest BCUT2D eigenvalue weighted by Gasteiger charge is 2.25. The number of hydrogen-bond acceptors (Lipinski definition) is 4. The number of carbonyl (C=O) groups is 1. The minimum atomic E-state index is -3.59. The minimum absolute atomic E-state index is 0.146. The molecule has 1 aromatic heterocycles. The molecule has 7 heteroatoms. The molecule has 0 aliphatic heterocycles. The summed E-state index contributed by atoms with van der Waals surface area (Å²) in [5.74, 6) is -0.232. The number of anilines is 1. The maximum Gasteiger partial charge on any atom is 0.256 e. The molecule has 3 aromatic rings. The van der Waals surface area contributed by atoms with E-state index in [9.17, 15) is 13.2 Å². The highest BCUT2D eigenvalue weighted by molar-refractivity contribution is 7.89. The Balaban J connectivity index is 1.79. The zero-order chi connectivity index (χ0) is 20.8. The first-order chi connectivity index (χ1) is 13.8. The van der Waals surface area contributed by atoms with Gasteiger partial charge < -0.3 is 5.32 Å². The van der Waals surface area contributed by atoms with Crippen molar-refractivity contribution in [2.24, 2.45) is 0 Å². The van der Waals surface area contributed by atoms with E-state index in [1.54, 1.807) is 12.1 Å². The number of nitrogens with one attached hydrogen (secondary N) is 1. The number of sulfonamides is 1. The summed E-state index contributed by atoms with van der Waals surface area (Å²) >= 11 is 0. The first-order valence-electron chi connectivity index (χ1n) is 9.54. The molecule has 1 heterocycles. The molecule has 0 unspecified atom stereocenters. The van der Waals surface area contributed by atoms with Gasteiger partial charge in [0.05, 0.1) is 16.0 Å². The van der Waals surface area contributed by atoms with Crippen LogP contribution in [0.2, 0.25) is 0 Å². The molecule has 0 spiro atoms. The molecule has 0 radical (unpaired) electrons. The van der Waals surface area contributed by atoms with Crippen LogP contribution in [0.4, 0.5) is 5.69 Å². The molecule has 29 heavy (non-hydrogen) atoms. The monoisotopic (exact) mass is 409 g/mol. The molecule has 2 aromatic carbocycles. The fraction of sp³-hybridized carbons (Fsp3) is 0.273. The van der Waals surface area contributed by atoms with Crippen LogP contribution in [0.5, 0.6) is 0 Å². The smallest absolute Gasteiger partial charge is 0.256 e. The lowest BCUT2D eigenvalue weighted by molar-refractivity contribution is 0.102. The fourth-order valence-corrected chi connectivity index (χ4v) is 4.69. The Kier molecular flexibility index (Phi) is 4.88. The van der Waals surface area contributed by atoms with Gasteiger partial charge in [-0.2, -0.15) is 0 Å². The predicted molar refractivity (Wildman–Crippen MR) is 114 cm³/mol. The number of hydrogen-bond donors (Lipinski definition) is 1. The van der Waals surface area contributed by atoms with E-state index in [0.29, 0.717) is 11.3 Å². The Morgan fingerprint density at radius 2 is 1.86 bits per heavy atom. The van der Waals surface area contributed by atoms with Crippen molar-refractivity contribution in [3.63, 3.8) is 0 Å². The lowest BCUT2D eigenvalue weighted by atomic mass is 10.0. The lowest BCUT2D eigenvalue weighted by Crippen LogP contribution is -2.22. The Hall–Kier alpha value is -2.77. The topological polar surface area (TPSA) is 79.4 Å². The third kappa shape index (κ3) is 3.41. The van der Waals surface area contributed by atoms with Gasteiger partial charge in [-0.25, -0.2) is 12.7 Å². The van der Waals surface area contributed by atoms with Gasteiger partial charge in [-0.05, 0) is 55.5 Å². The van der Waals surface area contributed by atoms with Crippen LogP contribution in [-0.4, -0.2) is 37.7 Å². The Bertz CT molecular complexity index is 1230. The number of benzene rings is 2. The third-order valence-corrected chi connectivity index (χ3v) is 7.19. The molecule has 0 atom stereocenters. The average molecular weight is 410 g/mol. The quantitative estimate of drug-likeness (QED) is 0.715. The van der Waals surface area contributed by atoms with E-state index in [1.165, 1.54) is 20.2 Å². The van der Waals surface area contributed by atoms with Crippen LogP contribution in [0.1, 0.15) is 33.6 Å². The van der Waals surface area contributed by atoms with Gasteiger partial charge in [0.25, 0.3) is 5.91 Å². The summed E-state index contributed by atoms with van der Waals surface area (Å²) < 4.78 is 26.1. The van der Waals surface area contributed by atoms with Crippen LogP contribution in [0.15, 0.2) is 47.4 Å². The van der Waals surface area contributed by atoms with Crippen LogP contribution >= 0.6 is 0 Å².